The van der Waals surface area contributed by atoms with Crippen molar-refractivity contribution in [3.63, 3.8) is 0 Å². The third-order valence-electron chi connectivity index (χ3n) is 4.48. The monoisotopic (exact) mass is 402 g/mol. The van der Waals surface area contributed by atoms with E-state index in [0.29, 0.717) is 30.0 Å². The van der Waals surface area contributed by atoms with Gasteiger partial charge in [0.15, 0.2) is 6.61 Å². The molecule has 0 saturated heterocycles. The molecule has 29 heavy (non-hydrogen) atoms. The fourth-order valence-electron chi connectivity index (χ4n) is 2.89. The van der Waals surface area contributed by atoms with Crippen LogP contribution in [0, 0.1) is 24.0 Å². The third-order valence-corrected chi connectivity index (χ3v) is 4.48. The van der Waals surface area contributed by atoms with Crippen molar-refractivity contribution in [3.05, 3.63) is 56.9 Å². The Kier molecular flexibility index (Phi) is 7.88. The molecule has 0 atom stereocenters. The van der Waals surface area contributed by atoms with E-state index in [2.05, 4.69) is 17.3 Å². The van der Waals surface area contributed by atoms with Crippen molar-refractivity contribution >= 4 is 17.6 Å². The first-order valence-electron chi connectivity index (χ1n) is 9.54. The van der Waals surface area contributed by atoms with Gasteiger partial charge in [0.25, 0.3) is 5.91 Å². The maximum absolute atomic E-state index is 12.1. The van der Waals surface area contributed by atoms with Crippen molar-refractivity contribution in [2.24, 2.45) is 0 Å². The van der Waals surface area contributed by atoms with Crippen LogP contribution in [-0.2, 0) is 16.1 Å². The molecule has 1 aromatic carbocycles. The molecule has 0 bridgehead atoms. The summed E-state index contributed by atoms with van der Waals surface area (Å²) in [6.07, 6.45) is 3.00. The smallest absolute Gasteiger partial charge is 0.338 e. The number of ether oxygens (including phenoxy) is 1. The van der Waals surface area contributed by atoms with Gasteiger partial charge in [-0.1, -0.05) is 31.9 Å². The number of benzene rings is 1. The number of amides is 1. The Morgan fingerprint density at radius 3 is 2.48 bits per heavy atom. The number of hydrogen-bond acceptors (Lipinski definition) is 6. The predicted octanol–water partition coefficient (Wildman–Crippen LogP) is 2.92. The van der Waals surface area contributed by atoms with E-state index in [1.165, 1.54) is 0 Å². The van der Waals surface area contributed by atoms with E-state index in [9.17, 15) is 19.7 Å². The molecule has 0 aliphatic heterocycles. The molecule has 0 aliphatic carbocycles. The number of nitro groups is 1. The first kappa shape index (κ1) is 22.1. The van der Waals surface area contributed by atoms with Gasteiger partial charge in [0.1, 0.15) is 11.4 Å². The summed E-state index contributed by atoms with van der Waals surface area (Å²) in [6, 6.07) is 6.64. The summed E-state index contributed by atoms with van der Waals surface area (Å²) in [5.41, 5.74) is 2.00. The number of nitrogens with one attached hydrogen (secondary N) is 1. The lowest BCUT2D eigenvalue weighted by molar-refractivity contribution is -0.386. The number of hydrogen-bond donors (Lipinski definition) is 1. The number of unbranched alkanes of at least 4 members (excludes halogenated alkanes) is 2. The molecule has 0 radical (unpaired) electrons. The SMILES string of the molecule is CCCCCNC(=O)COC(=O)c1ccc(Cn2nc(C)c([N+](=O)[O-])c2C)cc1. The van der Waals surface area contributed by atoms with Crippen molar-refractivity contribution < 1.29 is 19.2 Å². The zero-order valence-corrected chi connectivity index (χ0v) is 16.9. The zero-order chi connectivity index (χ0) is 21.4. The Labute approximate surface area is 169 Å². The van der Waals surface area contributed by atoms with Gasteiger partial charge in [-0.05, 0) is 38.0 Å². The van der Waals surface area contributed by atoms with Crippen molar-refractivity contribution in [2.45, 2.75) is 46.6 Å². The topological polar surface area (TPSA) is 116 Å². The Morgan fingerprint density at radius 2 is 1.90 bits per heavy atom. The first-order valence-corrected chi connectivity index (χ1v) is 9.54. The summed E-state index contributed by atoms with van der Waals surface area (Å²) in [6.45, 7) is 5.93. The highest BCUT2D eigenvalue weighted by atomic mass is 16.6. The van der Waals surface area contributed by atoms with E-state index in [0.717, 1.165) is 24.8 Å². The number of esters is 1. The number of carbonyl (C=O) groups is 2. The van der Waals surface area contributed by atoms with E-state index in [1.54, 1.807) is 42.8 Å². The molecule has 0 saturated carbocycles. The second kappa shape index (κ2) is 10.4. The van der Waals surface area contributed by atoms with Crippen LogP contribution in [0.5, 0.6) is 0 Å². The Morgan fingerprint density at radius 1 is 1.21 bits per heavy atom. The van der Waals surface area contributed by atoms with Crippen molar-refractivity contribution in [1.29, 1.82) is 0 Å². The van der Waals surface area contributed by atoms with E-state index in [1.807, 2.05) is 0 Å². The van der Waals surface area contributed by atoms with Crippen LogP contribution in [0.1, 0.15) is 53.5 Å². The van der Waals surface area contributed by atoms with Crippen LogP contribution in [0.15, 0.2) is 24.3 Å². The van der Waals surface area contributed by atoms with Gasteiger partial charge in [0.2, 0.25) is 0 Å². The van der Waals surface area contributed by atoms with E-state index in [4.69, 9.17) is 4.74 Å². The van der Waals surface area contributed by atoms with Gasteiger partial charge in [-0.25, -0.2) is 4.79 Å². The average Bonchev–Trinajstić information content (AvgIpc) is 2.97. The minimum absolute atomic E-state index is 0.0122. The second-order valence-corrected chi connectivity index (χ2v) is 6.76. The van der Waals surface area contributed by atoms with E-state index < -0.39 is 10.9 Å². The van der Waals surface area contributed by atoms with Crippen LogP contribution < -0.4 is 5.32 Å². The van der Waals surface area contributed by atoms with E-state index >= 15 is 0 Å². The molecule has 1 heterocycles. The van der Waals surface area contributed by atoms with Crippen LogP contribution in [0.25, 0.3) is 0 Å². The highest BCUT2D eigenvalue weighted by Gasteiger charge is 2.21. The molecule has 1 amide bonds. The number of nitrogens with zero attached hydrogens (tertiary/aromatic N) is 3. The first-order chi connectivity index (χ1) is 13.8. The molecule has 0 aliphatic rings. The highest BCUT2D eigenvalue weighted by Crippen LogP contribution is 2.22. The molecule has 1 N–H and O–H groups in total. The van der Waals surface area contributed by atoms with Gasteiger partial charge in [-0.2, -0.15) is 5.10 Å². The van der Waals surface area contributed by atoms with Crippen LogP contribution in [-0.4, -0.2) is 39.7 Å². The highest BCUT2D eigenvalue weighted by molar-refractivity contribution is 5.91. The largest absolute Gasteiger partial charge is 0.452 e. The number of aromatic nitrogens is 2. The average molecular weight is 402 g/mol. The number of rotatable bonds is 10. The Hall–Kier alpha value is -3.23. The van der Waals surface area contributed by atoms with Crippen LogP contribution in [0.3, 0.4) is 0 Å². The van der Waals surface area contributed by atoms with E-state index in [-0.39, 0.29) is 18.2 Å². The lowest BCUT2D eigenvalue weighted by Crippen LogP contribution is -2.29. The second-order valence-electron chi connectivity index (χ2n) is 6.76. The molecular weight excluding hydrogens is 376 g/mol. The summed E-state index contributed by atoms with van der Waals surface area (Å²) in [4.78, 5) is 34.4. The Bertz CT molecular complexity index is 874. The normalized spacial score (nSPS) is 10.6. The molecule has 0 fully saturated rings. The van der Waals surface area contributed by atoms with Gasteiger partial charge in [-0.3, -0.25) is 19.6 Å². The third kappa shape index (κ3) is 6.13. The summed E-state index contributed by atoms with van der Waals surface area (Å²) < 4.78 is 6.59. The van der Waals surface area contributed by atoms with Crippen molar-refractivity contribution in [2.75, 3.05) is 13.2 Å². The number of aryl methyl sites for hydroxylation is 1. The quantitative estimate of drug-likeness (QED) is 0.283. The summed E-state index contributed by atoms with van der Waals surface area (Å²) >= 11 is 0. The molecular formula is C20H26N4O5. The molecule has 156 valence electrons. The molecule has 0 unspecified atom stereocenters. The van der Waals surface area contributed by atoms with Gasteiger partial charge in [-0.15, -0.1) is 0 Å². The van der Waals surface area contributed by atoms with Crippen molar-refractivity contribution in [3.8, 4) is 0 Å². The molecule has 9 heteroatoms. The zero-order valence-electron chi connectivity index (χ0n) is 16.9. The van der Waals surface area contributed by atoms with Gasteiger partial charge in [0, 0.05) is 6.54 Å². The summed E-state index contributed by atoms with van der Waals surface area (Å²) in [5.74, 6) is -0.904. The fraction of sp³-hybridized carbons (Fsp3) is 0.450. The fourth-order valence-corrected chi connectivity index (χ4v) is 2.89. The van der Waals surface area contributed by atoms with Crippen LogP contribution >= 0.6 is 0 Å². The minimum atomic E-state index is -0.581. The molecule has 2 rings (SSSR count). The lowest BCUT2D eigenvalue weighted by atomic mass is 10.1. The van der Waals surface area contributed by atoms with Gasteiger partial charge in [0.05, 0.1) is 17.0 Å². The van der Waals surface area contributed by atoms with Crippen LogP contribution in [0.2, 0.25) is 0 Å². The van der Waals surface area contributed by atoms with Gasteiger partial charge >= 0.3 is 11.7 Å². The molecule has 1 aromatic heterocycles. The van der Waals surface area contributed by atoms with Crippen molar-refractivity contribution in [1.82, 2.24) is 15.1 Å². The maximum atomic E-state index is 12.1. The lowest BCUT2D eigenvalue weighted by Gasteiger charge is -2.08. The molecule has 2 aromatic rings. The molecule has 9 nitrogen and oxygen atoms in total. The molecule has 0 spiro atoms. The van der Waals surface area contributed by atoms with Crippen LogP contribution in [0.4, 0.5) is 5.69 Å². The predicted molar refractivity (Wildman–Crippen MR) is 107 cm³/mol. The minimum Gasteiger partial charge on any atom is -0.452 e. The number of carbonyl (C=O) groups excluding carboxylic acids is 2. The summed E-state index contributed by atoms with van der Waals surface area (Å²) in [7, 11) is 0. The van der Waals surface area contributed by atoms with Gasteiger partial charge < -0.3 is 10.1 Å². The maximum Gasteiger partial charge on any atom is 0.338 e. The standard InChI is InChI=1S/C20H26N4O5/c1-4-5-6-11-21-18(25)13-29-20(26)17-9-7-16(8-10-17)12-23-15(3)19(24(27)28)14(2)22-23/h7-10H,4-6,11-13H2,1-3H3,(H,21,25). The Balaban J connectivity index is 1.90. The summed E-state index contributed by atoms with van der Waals surface area (Å²) in [5, 5.41) is 18.0.